The molecule has 1 aliphatic heterocycles. The number of hydrogen-bond donors (Lipinski definition) is 1. The van der Waals surface area contributed by atoms with Crippen LogP contribution in [0.25, 0.3) is 33.6 Å². The van der Waals surface area contributed by atoms with Gasteiger partial charge in [-0.05, 0) is 81.7 Å². The van der Waals surface area contributed by atoms with E-state index in [1.54, 1.807) is 19.2 Å². The van der Waals surface area contributed by atoms with Crippen LogP contribution in [0, 0.1) is 5.92 Å². The van der Waals surface area contributed by atoms with Gasteiger partial charge in [-0.2, -0.15) is 0 Å². The molecule has 0 bridgehead atoms. The minimum atomic E-state index is -3.46. The Morgan fingerprint density at radius 3 is 2.56 bits per heavy atom. The molecule has 12 heteroatoms. The van der Waals surface area contributed by atoms with E-state index in [-0.39, 0.29) is 24.0 Å². The fourth-order valence-electron chi connectivity index (χ4n) is 6.55. The van der Waals surface area contributed by atoms with Crippen LogP contribution in [0.15, 0.2) is 30.3 Å². The lowest BCUT2D eigenvalue weighted by Gasteiger charge is -2.37. The fourth-order valence-corrected chi connectivity index (χ4v) is 7.74. The molecule has 7 rings (SSSR count). The van der Waals surface area contributed by atoms with Gasteiger partial charge in [0.2, 0.25) is 10.0 Å². The molecule has 2 aliphatic carbocycles. The molecule has 43 heavy (non-hydrogen) atoms. The highest BCUT2D eigenvalue weighted by Crippen LogP contribution is 2.39. The lowest BCUT2D eigenvalue weighted by molar-refractivity contribution is 0.0604. The highest BCUT2D eigenvalue weighted by molar-refractivity contribution is 7.92. The number of carbonyl (C=O) groups is 1. The predicted octanol–water partition coefficient (Wildman–Crippen LogP) is 3.89. The Kier molecular flexibility index (Phi) is 6.69. The molecule has 1 amide bonds. The summed E-state index contributed by atoms with van der Waals surface area (Å²) in [5, 5.41) is 0.925. The van der Waals surface area contributed by atoms with Crippen LogP contribution in [0.3, 0.4) is 0 Å². The first-order valence-electron chi connectivity index (χ1n) is 15.2. The smallest absolute Gasteiger partial charge is 0.254 e. The number of methoxy groups -OCH3 is 1. The molecule has 4 heterocycles. The zero-order valence-corrected chi connectivity index (χ0v) is 26.0. The molecule has 228 valence electrons. The number of likely N-dealkylation sites (tertiary alicyclic amines) is 1. The second-order valence-corrected chi connectivity index (χ2v) is 14.4. The average Bonchev–Trinajstić information content (AvgIpc) is 3.90. The highest BCUT2D eigenvalue weighted by Gasteiger charge is 2.37. The number of imidazole rings is 1. The van der Waals surface area contributed by atoms with E-state index in [1.807, 2.05) is 35.6 Å². The third-order valence-electron chi connectivity index (χ3n) is 9.27. The Balaban J connectivity index is 1.35. The third-order valence-corrected chi connectivity index (χ3v) is 10.5. The molecule has 0 unspecified atom stereocenters. The largest absolute Gasteiger partial charge is 0.494 e. The number of sulfonamides is 1. The van der Waals surface area contributed by atoms with E-state index in [2.05, 4.69) is 10.6 Å². The van der Waals surface area contributed by atoms with Gasteiger partial charge in [0.15, 0.2) is 5.82 Å². The molecule has 1 aromatic carbocycles. The van der Waals surface area contributed by atoms with Crippen LogP contribution >= 0.6 is 0 Å². The van der Waals surface area contributed by atoms with E-state index in [9.17, 15) is 13.2 Å². The van der Waals surface area contributed by atoms with E-state index in [1.165, 1.54) is 10.6 Å². The number of ether oxygens (including phenoxy) is 1. The Morgan fingerprint density at radius 1 is 1.12 bits per heavy atom. The molecule has 0 radical (unpaired) electrons. The number of carbonyl (C=O) groups excluding carboxylic acids is 1. The third kappa shape index (κ3) is 4.94. The SMILES string of the molecule is COc1cc(C(=O)N2CCC[C@@H](N)[C@H]2C)cc2nc(-c3cc4ccc(N(C5CC5)S(C)(=O)=O)nc4n3CC3CC3)n(C)c12. The summed E-state index contributed by atoms with van der Waals surface area (Å²) in [4.78, 5) is 25.5. The van der Waals surface area contributed by atoms with Crippen molar-refractivity contribution in [3.05, 3.63) is 35.9 Å². The standard InChI is InChI=1S/C31H39N7O4S/c1-18-23(32)6-5-13-36(18)31(39)21-14-24-28(26(16-21)42-3)35(2)30(33-24)25-15-20-9-12-27(38(22-10-11-22)43(4,40)41)34-29(20)37(25)17-19-7-8-19/h9,12,14-16,18-19,22-23H,5-8,10-11,13,17,32H2,1-4H3/t18-,23-/m1/s1. The second-order valence-electron chi connectivity index (χ2n) is 12.5. The minimum Gasteiger partial charge on any atom is -0.494 e. The molecular formula is C31H39N7O4S. The Morgan fingerprint density at radius 2 is 1.88 bits per heavy atom. The zero-order chi connectivity index (χ0) is 30.2. The van der Waals surface area contributed by atoms with E-state index in [0.717, 1.165) is 73.1 Å². The summed E-state index contributed by atoms with van der Waals surface area (Å²) in [7, 11) is 0.108. The van der Waals surface area contributed by atoms with E-state index in [4.69, 9.17) is 20.4 Å². The molecule has 3 aliphatic rings. The maximum Gasteiger partial charge on any atom is 0.254 e. The average molecular weight is 606 g/mol. The molecule has 2 N–H and O–H groups in total. The van der Waals surface area contributed by atoms with Gasteiger partial charge in [-0.1, -0.05) is 0 Å². The van der Waals surface area contributed by atoms with Gasteiger partial charge < -0.3 is 24.5 Å². The summed E-state index contributed by atoms with van der Waals surface area (Å²) >= 11 is 0. The molecule has 1 saturated heterocycles. The molecule has 2 saturated carbocycles. The number of nitrogens with two attached hydrogens (primary N) is 1. The maximum atomic E-state index is 13.7. The predicted molar refractivity (Wildman–Crippen MR) is 167 cm³/mol. The van der Waals surface area contributed by atoms with Crippen molar-refractivity contribution in [3.63, 3.8) is 0 Å². The lowest BCUT2D eigenvalue weighted by Crippen LogP contribution is -2.52. The first-order valence-corrected chi connectivity index (χ1v) is 17.0. The van der Waals surface area contributed by atoms with Gasteiger partial charge in [-0.3, -0.25) is 9.10 Å². The monoisotopic (exact) mass is 605 g/mol. The van der Waals surface area contributed by atoms with Gasteiger partial charge >= 0.3 is 0 Å². The molecule has 0 spiro atoms. The number of benzene rings is 1. The van der Waals surface area contributed by atoms with Crippen LogP contribution in [-0.4, -0.2) is 76.4 Å². The number of nitrogens with zero attached hydrogens (tertiary/aromatic N) is 6. The molecule has 4 aromatic rings. The fraction of sp³-hybridized carbons (Fsp3) is 0.516. The van der Waals surface area contributed by atoms with E-state index in [0.29, 0.717) is 35.1 Å². The number of pyridine rings is 1. The number of fused-ring (bicyclic) bond motifs is 2. The van der Waals surface area contributed by atoms with Gasteiger partial charge in [0, 0.05) is 49.2 Å². The number of amides is 1. The number of aromatic nitrogens is 4. The Hall–Kier alpha value is -3.64. The first kappa shape index (κ1) is 28.1. The minimum absolute atomic E-state index is 0.0286. The van der Waals surface area contributed by atoms with Crippen LogP contribution in [0.4, 0.5) is 5.82 Å². The summed E-state index contributed by atoms with van der Waals surface area (Å²) in [5.41, 5.74) is 9.94. The quantitative estimate of drug-likeness (QED) is 0.323. The number of anilines is 1. The summed E-state index contributed by atoms with van der Waals surface area (Å²) in [6.45, 7) is 3.46. The highest BCUT2D eigenvalue weighted by atomic mass is 32.2. The number of hydrogen-bond acceptors (Lipinski definition) is 7. The summed E-state index contributed by atoms with van der Waals surface area (Å²) in [6, 6.07) is 9.37. The first-order chi connectivity index (χ1) is 20.5. The number of piperidine rings is 1. The van der Waals surface area contributed by atoms with Crippen LogP contribution in [0.1, 0.15) is 55.8 Å². The molecule has 2 atom stereocenters. The molecule has 11 nitrogen and oxygen atoms in total. The van der Waals surface area contributed by atoms with Crippen molar-refractivity contribution in [2.75, 3.05) is 24.2 Å². The van der Waals surface area contributed by atoms with Crippen molar-refractivity contribution in [1.29, 1.82) is 0 Å². The van der Waals surface area contributed by atoms with Crippen LogP contribution < -0.4 is 14.8 Å². The van der Waals surface area contributed by atoms with Crippen molar-refractivity contribution in [2.24, 2.45) is 18.7 Å². The number of aryl methyl sites for hydroxylation is 1. The van der Waals surface area contributed by atoms with Crippen LogP contribution in [-0.2, 0) is 23.6 Å². The number of rotatable bonds is 8. The normalized spacial score (nSPS) is 21.1. The topological polar surface area (TPSA) is 129 Å². The van der Waals surface area contributed by atoms with Crippen LogP contribution in [0.2, 0.25) is 0 Å². The van der Waals surface area contributed by atoms with Crippen LogP contribution in [0.5, 0.6) is 5.75 Å². The summed E-state index contributed by atoms with van der Waals surface area (Å²) in [5.74, 6) is 2.24. The van der Waals surface area contributed by atoms with Crippen molar-refractivity contribution >= 4 is 43.8 Å². The van der Waals surface area contributed by atoms with Crippen molar-refractivity contribution in [2.45, 2.75) is 70.1 Å². The van der Waals surface area contributed by atoms with Gasteiger partial charge in [-0.25, -0.2) is 18.4 Å². The zero-order valence-electron chi connectivity index (χ0n) is 25.2. The molecular weight excluding hydrogens is 566 g/mol. The second kappa shape index (κ2) is 10.2. The molecule has 3 aromatic heterocycles. The van der Waals surface area contributed by atoms with Crippen molar-refractivity contribution < 1.29 is 17.9 Å². The lowest BCUT2D eigenvalue weighted by atomic mass is 9.97. The van der Waals surface area contributed by atoms with Crippen molar-refractivity contribution in [1.82, 2.24) is 24.0 Å². The van der Waals surface area contributed by atoms with E-state index < -0.39 is 10.0 Å². The van der Waals surface area contributed by atoms with E-state index >= 15 is 0 Å². The summed E-state index contributed by atoms with van der Waals surface area (Å²) < 4.78 is 36.8. The Labute approximate surface area is 251 Å². The van der Waals surface area contributed by atoms with Gasteiger partial charge in [0.25, 0.3) is 5.91 Å². The maximum absolute atomic E-state index is 13.7. The molecule has 3 fully saturated rings. The van der Waals surface area contributed by atoms with Gasteiger partial charge in [0.1, 0.15) is 22.7 Å². The van der Waals surface area contributed by atoms with Crippen molar-refractivity contribution in [3.8, 4) is 17.3 Å². The summed E-state index contributed by atoms with van der Waals surface area (Å²) in [6.07, 6.45) is 7.03. The van der Waals surface area contributed by atoms with Gasteiger partial charge in [0.05, 0.1) is 24.6 Å². The van der Waals surface area contributed by atoms with Gasteiger partial charge in [-0.15, -0.1) is 0 Å². The Bertz CT molecular complexity index is 1850.